The molecule has 0 saturated carbocycles. The summed E-state index contributed by atoms with van der Waals surface area (Å²) in [5.41, 5.74) is 3.59. The monoisotopic (exact) mass is 542 g/mol. The summed E-state index contributed by atoms with van der Waals surface area (Å²) in [5.74, 6) is 2.41. The number of hydrogen-bond acceptors (Lipinski definition) is 9. The van der Waals surface area contributed by atoms with Crippen LogP contribution < -0.4 is 10.2 Å². The molecule has 4 aliphatic heterocycles. The lowest BCUT2D eigenvalue weighted by atomic mass is 9.95. The zero-order valence-electron chi connectivity index (χ0n) is 23.4. The second-order valence-corrected chi connectivity index (χ2v) is 12.1. The van der Waals surface area contributed by atoms with E-state index in [1.54, 1.807) is 6.92 Å². The lowest BCUT2D eigenvalue weighted by Gasteiger charge is -2.35. The molecule has 1 amide bonds. The smallest absolute Gasteiger partial charge is 0.229 e. The van der Waals surface area contributed by atoms with Crippen LogP contribution >= 0.6 is 0 Å². The van der Waals surface area contributed by atoms with Crippen molar-refractivity contribution in [2.75, 3.05) is 36.9 Å². The van der Waals surface area contributed by atoms with Crippen molar-refractivity contribution in [1.29, 1.82) is 0 Å². The summed E-state index contributed by atoms with van der Waals surface area (Å²) < 4.78 is 0. The minimum atomic E-state index is -0.656. The number of pyridine rings is 2. The first-order valence-corrected chi connectivity index (χ1v) is 14.8. The fourth-order valence-corrected chi connectivity index (χ4v) is 7.17. The van der Waals surface area contributed by atoms with Crippen molar-refractivity contribution in [2.45, 2.75) is 76.6 Å². The summed E-state index contributed by atoms with van der Waals surface area (Å²) >= 11 is 0. The van der Waals surface area contributed by atoms with Crippen LogP contribution in [0.3, 0.4) is 0 Å². The number of hydrogen-bond donors (Lipinski definition) is 2. The maximum Gasteiger partial charge on any atom is 0.229 e. The van der Waals surface area contributed by atoms with Crippen LogP contribution in [0.2, 0.25) is 0 Å². The van der Waals surface area contributed by atoms with Gasteiger partial charge in [-0.3, -0.25) is 4.79 Å². The number of carbonyl (C=O) groups excluding carboxylic acids is 1. The maximum atomic E-state index is 13.2. The van der Waals surface area contributed by atoms with Crippen molar-refractivity contribution < 1.29 is 9.90 Å². The molecule has 10 heteroatoms. The minimum absolute atomic E-state index is 0.103. The summed E-state index contributed by atoms with van der Waals surface area (Å²) in [6, 6.07) is 6.89. The second-order valence-electron chi connectivity index (χ2n) is 12.1. The van der Waals surface area contributed by atoms with E-state index in [4.69, 9.17) is 15.0 Å². The molecule has 3 saturated heterocycles. The highest BCUT2D eigenvalue weighted by atomic mass is 16.3. The molecule has 0 aliphatic carbocycles. The van der Waals surface area contributed by atoms with E-state index in [2.05, 4.69) is 33.2 Å². The van der Waals surface area contributed by atoms with E-state index in [0.717, 1.165) is 60.3 Å². The number of nitrogens with zero attached hydrogens (tertiary/aromatic N) is 7. The van der Waals surface area contributed by atoms with Gasteiger partial charge < -0.3 is 25.1 Å². The van der Waals surface area contributed by atoms with Crippen LogP contribution in [-0.2, 0) is 17.8 Å². The van der Waals surface area contributed by atoms with Gasteiger partial charge in [-0.1, -0.05) is 6.07 Å². The van der Waals surface area contributed by atoms with E-state index < -0.39 is 6.10 Å². The van der Waals surface area contributed by atoms with Gasteiger partial charge in [0.25, 0.3) is 0 Å². The number of rotatable bonds is 5. The fourth-order valence-electron chi connectivity index (χ4n) is 7.17. The number of fused-ring (bicyclic) bond motifs is 4. The molecular weight excluding hydrogens is 504 g/mol. The van der Waals surface area contributed by atoms with Gasteiger partial charge in [-0.05, 0) is 76.7 Å². The summed E-state index contributed by atoms with van der Waals surface area (Å²) in [7, 11) is 2.10. The summed E-state index contributed by atoms with van der Waals surface area (Å²) in [5, 5.41) is 14.5. The molecule has 7 heterocycles. The van der Waals surface area contributed by atoms with E-state index in [1.165, 1.54) is 25.7 Å². The van der Waals surface area contributed by atoms with Crippen LogP contribution in [0.5, 0.6) is 0 Å². The number of nitrogens with one attached hydrogen (secondary N) is 1. The average Bonchev–Trinajstić information content (AvgIpc) is 3.56. The van der Waals surface area contributed by atoms with Crippen LogP contribution in [0.15, 0.2) is 24.4 Å². The van der Waals surface area contributed by atoms with Crippen molar-refractivity contribution in [3.05, 3.63) is 41.3 Å². The zero-order valence-corrected chi connectivity index (χ0v) is 23.4. The Bertz CT molecular complexity index is 1420. The zero-order chi connectivity index (χ0) is 27.4. The highest BCUT2D eigenvalue weighted by Gasteiger charge is 2.41. The third-order valence-corrected chi connectivity index (χ3v) is 9.27. The lowest BCUT2D eigenvalue weighted by molar-refractivity contribution is -0.138. The Morgan fingerprint density at radius 3 is 2.62 bits per heavy atom. The van der Waals surface area contributed by atoms with Gasteiger partial charge in [0.15, 0.2) is 5.82 Å². The van der Waals surface area contributed by atoms with E-state index in [1.807, 2.05) is 23.2 Å². The van der Waals surface area contributed by atoms with Gasteiger partial charge in [0, 0.05) is 55.4 Å². The van der Waals surface area contributed by atoms with Crippen molar-refractivity contribution in [3.8, 4) is 0 Å². The molecule has 3 aromatic rings. The number of piperidine rings is 1. The molecule has 0 spiro atoms. The van der Waals surface area contributed by atoms with E-state index >= 15 is 0 Å². The van der Waals surface area contributed by atoms with Gasteiger partial charge >= 0.3 is 0 Å². The highest BCUT2D eigenvalue weighted by Crippen LogP contribution is 2.42. The van der Waals surface area contributed by atoms with E-state index in [-0.39, 0.29) is 11.8 Å². The number of aliphatic hydroxyl groups excluding tert-OH is 1. The van der Waals surface area contributed by atoms with Crippen molar-refractivity contribution in [1.82, 2.24) is 29.7 Å². The topological polar surface area (TPSA) is 111 Å². The van der Waals surface area contributed by atoms with Gasteiger partial charge in [-0.25, -0.2) is 19.9 Å². The van der Waals surface area contributed by atoms with Gasteiger partial charge in [0.05, 0.1) is 17.7 Å². The van der Waals surface area contributed by atoms with Gasteiger partial charge in [0.1, 0.15) is 11.3 Å². The number of aliphatic hydroxyl groups is 1. The molecule has 7 rings (SSSR count). The largest absolute Gasteiger partial charge is 0.387 e. The molecule has 0 aromatic carbocycles. The molecule has 10 nitrogen and oxygen atoms in total. The number of likely N-dealkylation sites (tertiary alicyclic amines) is 1. The Morgan fingerprint density at radius 2 is 1.88 bits per heavy atom. The number of anilines is 3. The average molecular weight is 543 g/mol. The van der Waals surface area contributed by atoms with Crippen LogP contribution in [0.1, 0.15) is 68.5 Å². The second kappa shape index (κ2) is 10.2. The molecule has 3 aromatic heterocycles. The number of aromatic nitrogens is 4. The minimum Gasteiger partial charge on any atom is -0.387 e. The molecule has 2 bridgehead atoms. The summed E-state index contributed by atoms with van der Waals surface area (Å²) in [4.78, 5) is 39.2. The number of amides is 1. The van der Waals surface area contributed by atoms with Crippen LogP contribution in [0.4, 0.5) is 17.6 Å². The predicted octanol–water partition coefficient (Wildman–Crippen LogP) is 3.57. The molecule has 0 unspecified atom stereocenters. The Hall–Kier alpha value is -3.37. The Kier molecular flexibility index (Phi) is 6.54. The van der Waals surface area contributed by atoms with E-state index in [0.29, 0.717) is 42.6 Å². The van der Waals surface area contributed by atoms with Crippen LogP contribution in [-0.4, -0.2) is 79.5 Å². The Balaban J connectivity index is 1.12. The lowest BCUT2D eigenvalue weighted by Crippen LogP contribution is -2.45. The molecule has 3 fully saturated rings. The van der Waals surface area contributed by atoms with Crippen molar-refractivity contribution in [3.63, 3.8) is 0 Å². The molecule has 2 atom stereocenters. The van der Waals surface area contributed by atoms with Crippen LogP contribution in [0, 0.1) is 5.92 Å². The van der Waals surface area contributed by atoms with Crippen molar-refractivity contribution >= 4 is 34.4 Å². The third kappa shape index (κ3) is 4.66. The first-order valence-electron chi connectivity index (χ1n) is 14.8. The van der Waals surface area contributed by atoms with Crippen LogP contribution in [0.25, 0.3) is 10.9 Å². The normalized spacial score (nSPS) is 25.3. The predicted molar refractivity (Wildman–Crippen MR) is 153 cm³/mol. The SMILES string of the molecule is C[C@@H](O)c1cc2cnc(Nc3ccc4c(n3)CCN(C(=O)[C@H]3CCCN(C)C3)C4)nc2c(N2C3CCC2CC3)n1. The standard InChI is InChI=1S/C30H38N8O2/c1-18(39)25-14-21-15-31-30(35-27(21)28(33-25)38-22-6-7-23(38)9-8-22)34-26-10-5-19-17-37(13-11-24(19)32-26)29(40)20-4-3-12-36(2)16-20/h5,10,14-15,18,20,22-23,39H,3-4,6-9,11-13,16-17H2,1-2H3,(H,31,32,34,35)/t18-,20+,22?,23?/m1/s1. The molecular formula is C30H38N8O2. The van der Waals surface area contributed by atoms with Gasteiger partial charge in [-0.2, -0.15) is 0 Å². The molecule has 2 N–H and O–H groups in total. The molecule has 4 aliphatic rings. The number of carbonyl (C=O) groups is 1. The fraction of sp³-hybridized carbons (Fsp3) is 0.567. The van der Waals surface area contributed by atoms with E-state index in [9.17, 15) is 9.90 Å². The third-order valence-electron chi connectivity index (χ3n) is 9.27. The first kappa shape index (κ1) is 25.6. The van der Waals surface area contributed by atoms with Gasteiger partial charge in [0.2, 0.25) is 11.9 Å². The first-order chi connectivity index (χ1) is 19.4. The van der Waals surface area contributed by atoms with Crippen molar-refractivity contribution in [2.24, 2.45) is 5.92 Å². The highest BCUT2D eigenvalue weighted by molar-refractivity contribution is 5.90. The maximum absolute atomic E-state index is 13.2. The Morgan fingerprint density at radius 1 is 1.07 bits per heavy atom. The summed E-state index contributed by atoms with van der Waals surface area (Å²) in [6.07, 6.45) is 8.70. The molecule has 210 valence electrons. The molecule has 40 heavy (non-hydrogen) atoms. The quantitative estimate of drug-likeness (QED) is 0.500. The van der Waals surface area contributed by atoms with Gasteiger partial charge in [-0.15, -0.1) is 0 Å². The molecule has 0 radical (unpaired) electrons. The summed E-state index contributed by atoms with van der Waals surface area (Å²) in [6.45, 7) is 5.00. The Labute approximate surface area is 234 Å².